The zero-order chi connectivity index (χ0) is 14.0. The molecule has 0 fully saturated rings. The molecule has 2 N–H and O–H groups in total. The molecular formula is C14H17BrN4. The summed E-state index contributed by atoms with van der Waals surface area (Å²) in [5, 5.41) is 6.35. The van der Waals surface area contributed by atoms with E-state index in [1.807, 2.05) is 20.2 Å². The summed E-state index contributed by atoms with van der Waals surface area (Å²) in [6.07, 6.45) is 1.81. The summed E-state index contributed by atoms with van der Waals surface area (Å²) in [6.45, 7) is 6.15. The summed E-state index contributed by atoms with van der Waals surface area (Å²) in [5.41, 5.74) is 4.46. The van der Waals surface area contributed by atoms with Crippen molar-refractivity contribution >= 4 is 33.4 Å². The smallest absolute Gasteiger partial charge is 0.224 e. The van der Waals surface area contributed by atoms with Crippen LogP contribution in [0.4, 0.5) is 17.5 Å². The van der Waals surface area contributed by atoms with Gasteiger partial charge >= 0.3 is 0 Å². The molecule has 0 aliphatic rings. The first-order chi connectivity index (χ1) is 9.01. The number of benzene rings is 1. The van der Waals surface area contributed by atoms with Gasteiger partial charge in [-0.3, -0.25) is 0 Å². The molecular weight excluding hydrogens is 304 g/mol. The maximum absolute atomic E-state index is 4.45. The highest BCUT2D eigenvalue weighted by Crippen LogP contribution is 2.28. The van der Waals surface area contributed by atoms with E-state index in [0.717, 1.165) is 21.5 Å². The number of rotatable bonds is 3. The molecule has 1 heterocycles. The number of hydrogen-bond acceptors (Lipinski definition) is 4. The van der Waals surface area contributed by atoms with Gasteiger partial charge in [0, 0.05) is 29.0 Å². The van der Waals surface area contributed by atoms with E-state index in [9.17, 15) is 0 Å². The first-order valence-electron chi connectivity index (χ1n) is 6.06. The van der Waals surface area contributed by atoms with E-state index in [4.69, 9.17) is 0 Å². The summed E-state index contributed by atoms with van der Waals surface area (Å²) in [4.78, 5) is 8.63. The van der Waals surface area contributed by atoms with Crippen LogP contribution in [0.5, 0.6) is 0 Å². The largest absolute Gasteiger partial charge is 0.357 e. The molecule has 5 heteroatoms. The molecule has 2 aromatic rings. The molecule has 4 nitrogen and oxygen atoms in total. The fourth-order valence-corrected chi connectivity index (χ4v) is 2.60. The molecule has 1 aromatic carbocycles. The number of nitrogens with one attached hydrogen (secondary N) is 2. The molecule has 0 amide bonds. The van der Waals surface area contributed by atoms with E-state index in [1.54, 1.807) is 0 Å². The Hall–Kier alpha value is -1.62. The van der Waals surface area contributed by atoms with Gasteiger partial charge in [-0.1, -0.05) is 15.9 Å². The van der Waals surface area contributed by atoms with Gasteiger partial charge in [-0.25, -0.2) is 4.98 Å². The minimum absolute atomic E-state index is 0.612. The van der Waals surface area contributed by atoms with Gasteiger partial charge in [0.25, 0.3) is 0 Å². The summed E-state index contributed by atoms with van der Waals surface area (Å²) in [5.74, 6) is 1.44. The summed E-state index contributed by atoms with van der Waals surface area (Å²) in [7, 11) is 1.81. The average Bonchev–Trinajstić information content (AvgIpc) is 2.35. The molecule has 0 radical (unpaired) electrons. The highest BCUT2D eigenvalue weighted by Gasteiger charge is 2.08. The second kappa shape index (κ2) is 5.57. The highest BCUT2D eigenvalue weighted by atomic mass is 79.9. The van der Waals surface area contributed by atoms with Gasteiger partial charge in [0.2, 0.25) is 5.95 Å². The number of aryl methyl sites for hydroxylation is 3. The normalized spacial score (nSPS) is 10.4. The second-order valence-electron chi connectivity index (χ2n) is 4.51. The average molecular weight is 321 g/mol. The van der Waals surface area contributed by atoms with Crippen molar-refractivity contribution < 1.29 is 0 Å². The molecule has 0 spiro atoms. The molecule has 0 atom stereocenters. The maximum atomic E-state index is 4.45. The van der Waals surface area contributed by atoms with E-state index in [0.29, 0.717) is 5.95 Å². The summed E-state index contributed by atoms with van der Waals surface area (Å²) in [6, 6.07) is 4.18. The van der Waals surface area contributed by atoms with E-state index < -0.39 is 0 Å². The van der Waals surface area contributed by atoms with Gasteiger partial charge in [-0.2, -0.15) is 4.98 Å². The van der Waals surface area contributed by atoms with Crippen molar-refractivity contribution in [2.45, 2.75) is 20.8 Å². The second-order valence-corrected chi connectivity index (χ2v) is 5.43. The van der Waals surface area contributed by atoms with Crippen LogP contribution in [-0.2, 0) is 0 Å². The zero-order valence-electron chi connectivity index (χ0n) is 11.5. The van der Waals surface area contributed by atoms with Crippen LogP contribution < -0.4 is 10.6 Å². The Morgan fingerprint density at radius 1 is 1.05 bits per heavy atom. The van der Waals surface area contributed by atoms with Crippen molar-refractivity contribution in [3.05, 3.63) is 39.5 Å². The van der Waals surface area contributed by atoms with E-state index in [-0.39, 0.29) is 0 Å². The fraction of sp³-hybridized carbons (Fsp3) is 0.286. The summed E-state index contributed by atoms with van der Waals surface area (Å²) < 4.78 is 1.09. The van der Waals surface area contributed by atoms with Crippen LogP contribution in [-0.4, -0.2) is 17.0 Å². The van der Waals surface area contributed by atoms with Crippen LogP contribution in [0.3, 0.4) is 0 Å². The fourth-order valence-electron chi connectivity index (χ4n) is 1.92. The lowest BCUT2D eigenvalue weighted by atomic mass is 10.1. The number of hydrogen-bond donors (Lipinski definition) is 2. The van der Waals surface area contributed by atoms with Crippen molar-refractivity contribution in [2.24, 2.45) is 0 Å². The molecule has 19 heavy (non-hydrogen) atoms. The predicted octanol–water partition coefficient (Wildman–Crippen LogP) is 3.95. The molecule has 0 saturated heterocycles. The van der Waals surface area contributed by atoms with Gasteiger partial charge < -0.3 is 10.6 Å². The van der Waals surface area contributed by atoms with E-state index >= 15 is 0 Å². The number of nitrogens with zero attached hydrogens (tertiary/aromatic N) is 2. The molecule has 2 rings (SSSR count). The number of aromatic nitrogens is 2. The standard InChI is InChI=1S/C14H17BrN4/c1-8-5-11(15)6-9(2)12(8)18-13-10(3)7-17-14(16-4)19-13/h5-7H,1-4H3,(H2,16,17,18,19). The minimum atomic E-state index is 0.612. The maximum Gasteiger partial charge on any atom is 0.224 e. The monoisotopic (exact) mass is 320 g/mol. The van der Waals surface area contributed by atoms with Gasteiger partial charge in [0.05, 0.1) is 0 Å². The minimum Gasteiger partial charge on any atom is -0.357 e. The van der Waals surface area contributed by atoms with Gasteiger partial charge in [-0.05, 0) is 44.0 Å². The lowest BCUT2D eigenvalue weighted by Gasteiger charge is -2.14. The third kappa shape index (κ3) is 3.04. The quantitative estimate of drug-likeness (QED) is 0.899. The first-order valence-corrected chi connectivity index (χ1v) is 6.85. The molecule has 0 saturated carbocycles. The van der Waals surface area contributed by atoms with Gasteiger partial charge in [-0.15, -0.1) is 0 Å². The van der Waals surface area contributed by atoms with Crippen LogP contribution in [0, 0.1) is 20.8 Å². The first kappa shape index (κ1) is 13.8. The number of halogens is 1. The van der Waals surface area contributed by atoms with Crippen LogP contribution in [0.2, 0.25) is 0 Å². The molecule has 0 unspecified atom stereocenters. The van der Waals surface area contributed by atoms with Gasteiger partial charge in [0.1, 0.15) is 5.82 Å². The lowest BCUT2D eigenvalue weighted by Crippen LogP contribution is -2.04. The van der Waals surface area contributed by atoms with E-state index in [2.05, 4.69) is 62.5 Å². The Bertz CT molecular complexity index is 587. The van der Waals surface area contributed by atoms with Crippen molar-refractivity contribution in [1.82, 2.24) is 9.97 Å². The Balaban J connectivity index is 2.41. The highest BCUT2D eigenvalue weighted by molar-refractivity contribution is 9.10. The summed E-state index contributed by atoms with van der Waals surface area (Å²) >= 11 is 3.51. The van der Waals surface area contributed by atoms with E-state index in [1.165, 1.54) is 11.1 Å². The predicted molar refractivity (Wildman–Crippen MR) is 83.2 cm³/mol. The lowest BCUT2D eigenvalue weighted by molar-refractivity contribution is 1.12. The van der Waals surface area contributed by atoms with Crippen molar-refractivity contribution in [2.75, 3.05) is 17.7 Å². The SMILES string of the molecule is CNc1ncc(C)c(Nc2c(C)cc(Br)cc2C)n1. The molecule has 100 valence electrons. The molecule has 1 aromatic heterocycles. The molecule has 0 aliphatic carbocycles. The zero-order valence-corrected chi connectivity index (χ0v) is 13.1. The topological polar surface area (TPSA) is 49.8 Å². The van der Waals surface area contributed by atoms with Crippen molar-refractivity contribution in [3.63, 3.8) is 0 Å². The molecule has 0 aliphatic heterocycles. The Kier molecular flexibility index (Phi) is 4.04. The van der Waals surface area contributed by atoms with Crippen molar-refractivity contribution in [1.29, 1.82) is 0 Å². The third-order valence-corrected chi connectivity index (χ3v) is 3.39. The van der Waals surface area contributed by atoms with Crippen LogP contribution in [0.1, 0.15) is 16.7 Å². The Morgan fingerprint density at radius 3 is 2.26 bits per heavy atom. The Morgan fingerprint density at radius 2 is 1.68 bits per heavy atom. The van der Waals surface area contributed by atoms with Crippen LogP contribution in [0.25, 0.3) is 0 Å². The van der Waals surface area contributed by atoms with Crippen LogP contribution >= 0.6 is 15.9 Å². The third-order valence-electron chi connectivity index (χ3n) is 2.94. The van der Waals surface area contributed by atoms with Crippen LogP contribution in [0.15, 0.2) is 22.8 Å². The number of anilines is 3. The molecule has 0 bridgehead atoms. The van der Waals surface area contributed by atoms with Gasteiger partial charge in [0.15, 0.2) is 0 Å². The Labute approximate surface area is 121 Å². The van der Waals surface area contributed by atoms with Crippen molar-refractivity contribution in [3.8, 4) is 0 Å².